The SMILES string of the molecule is CCCCCCCCOc1cc(C(=O)OC)ccc1N(CCO)CCO. The number of rotatable bonds is 14. The molecule has 0 amide bonds. The Labute approximate surface area is 156 Å². The molecule has 0 heterocycles. The molecule has 1 rings (SSSR count). The Kier molecular flexibility index (Phi) is 11.5. The molecule has 0 aromatic heterocycles. The van der Waals surface area contributed by atoms with Gasteiger partial charge in [-0.05, 0) is 24.6 Å². The van der Waals surface area contributed by atoms with Crippen molar-refractivity contribution in [3.05, 3.63) is 23.8 Å². The van der Waals surface area contributed by atoms with Crippen molar-refractivity contribution >= 4 is 11.7 Å². The Morgan fingerprint density at radius 2 is 1.69 bits per heavy atom. The topological polar surface area (TPSA) is 79.2 Å². The highest BCUT2D eigenvalue weighted by Crippen LogP contribution is 2.30. The summed E-state index contributed by atoms with van der Waals surface area (Å²) < 4.78 is 10.7. The molecule has 0 radical (unpaired) electrons. The van der Waals surface area contributed by atoms with Crippen LogP contribution in [0.25, 0.3) is 0 Å². The number of ether oxygens (including phenoxy) is 2. The van der Waals surface area contributed by atoms with Gasteiger partial charge in [-0.15, -0.1) is 0 Å². The molecule has 0 fully saturated rings. The van der Waals surface area contributed by atoms with E-state index in [2.05, 4.69) is 6.92 Å². The molecule has 0 bridgehead atoms. The van der Waals surface area contributed by atoms with Crippen molar-refractivity contribution in [3.63, 3.8) is 0 Å². The highest BCUT2D eigenvalue weighted by molar-refractivity contribution is 5.90. The van der Waals surface area contributed by atoms with E-state index in [-0.39, 0.29) is 13.2 Å². The molecule has 0 saturated heterocycles. The van der Waals surface area contributed by atoms with Gasteiger partial charge >= 0.3 is 5.97 Å². The Hall–Kier alpha value is -1.79. The molecular formula is C20H33NO5. The van der Waals surface area contributed by atoms with Gasteiger partial charge in [0, 0.05) is 13.1 Å². The van der Waals surface area contributed by atoms with E-state index in [0.717, 1.165) is 18.5 Å². The lowest BCUT2D eigenvalue weighted by Gasteiger charge is -2.25. The number of benzene rings is 1. The third-order valence-corrected chi connectivity index (χ3v) is 4.22. The average Bonchev–Trinajstić information content (AvgIpc) is 2.66. The van der Waals surface area contributed by atoms with Crippen LogP contribution < -0.4 is 9.64 Å². The van der Waals surface area contributed by atoms with E-state index in [0.29, 0.717) is 31.0 Å². The second-order valence-electron chi connectivity index (χ2n) is 6.22. The maximum Gasteiger partial charge on any atom is 0.337 e. The van der Waals surface area contributed by atoms with Crippen molar-refractivity contribution in [1.82, 2.24) is 0 Å². The van der Waals surface area contributed by atoms with E-state index in [4.69, 9.17) is 9.47 Å². The van der Waals surface area contributed by atoms with E-state index in [1.807, 2.05) is 4.90 Å². The number of unbranched alkanes of at least 4 members (excludes halogenated alkanes) is 5. The number of aliphatic hydroxyl groups is 2. The molecule has 1 aromatic carbocycles. The fourth-order valence-electron chi connectivity index (χ4n) is 2.79. The van der Waals surface area contributed by atoms with Crippen LogP contribution in [0.1, 0.15) is 55.8 Å². The third kappa shape index (κ3) is 7.62. The number of anilines is 1. The van der Waals surface area contributed by atoms with Crippen molar-refractivity contribution in [2.24, 2.45) is 0 Å². The molecular weight excluding hydrogens is 334 g/mol. The van der Waals surface area contributed by atoms with Gasteiger partial charge < -0.3 is 24.6 Å². The summed E-state index contributed by atoms with van der Waals surface area (Å²) in [4.78, 5) is 13.6. The quantitative estimate of drug-likeness (QED) is 0.389. The Morgan fingerprint density at radius 3 is 2.31 bits per heavy atom. The van der Waals surface area contributed by atoms with Crippen LogP contribution in [-0.4, -0.2) is 56.2 Å². The number of esters is 1. The van der Waals surface area contributed by atoms with Crippen molar-refractivity contribution in [1.29, 1.82) is 0 Å². The molecule has 6 nitrogen and oxygen atoms in total. The lowest BCUT2D eigenvalue weighted by Crippen LogP contribution is -2.30. The molecule has 0 saturated carbocycles. The van der Waals surface area contributed by atoms with Gasteiger partial charge in [0.15, 0.2) is 0 Å². The van der Waals surface area contributed by atoms with Gasteiger partial charge in [0.2, 0.25) is 0 Å². The lowest BCUT2D eigenvalue weighted by molar-refractivity contribution is 0.0600. The largest absolute Gasteiger partial charge is 0.491 e. The summed E-state index contributed by atoms with van der Waals surface area (Å²) >= 11 is 0. The number of aliphatic hydroxyl groups excluding tert-OH is 2. The summed E-state index contributed by atoms with van der Waals surface area (Å²) in [7, 11) is 1.34. The summed E-state index contributed by atoms with van der Waals surface area (Å²) in [6.45, 7) is 3.46. The molecule has 0 unspecified atom stereocenters. The van der Waals surface area contributed by atoms with E-state index in [1.54, 1.807) is 18.2 Å². The van der Waals surface area contributed by atoms with E-state index in [1.165, 1.54) is 32.8 Å². The molecule has 0 spiro atoms. The zero-order valence-corrected chi connectivity index (χ0v) is 16.1. The minimum Gasteiger partial charge on any atom is -0.491 e. The highest BCUT2D eigenvalue weighted by atomic mass is 16.5. The molecule has 0 atom stereocenters. The number of nitrogens with zero attached hydrogens (tertiary/aromatic N) is 1. The lowest BCUT2D eigenvalue weighted by atomic mass is 10.1. The van der Waals surface area contributed by atoms with Crippen LogP contribution in [0.3, 0.4) is 0 Å². The van der Waals surface area contributed by atoms with Gasteiger partial charge in [-0.1, -0.05) is 39.0 Å². The average molecular weight is 367 g/mol. The van der Waals surface area contributed by atoms with Crippen LogP contribution in [0.5, 0.6) is 5.75 Å². The standard InChI is InChI=1S/C20H33NO5/c1-3-4-5-6-7-8-15-26-19-16-17(20(24)25-2)9-10-18(19)21(11-13-22)12-14-23/h9-10,16,22-23H,3-8,11-15H2,1-2H3. The maximum atomic E-state index is 11.8. The predicted molar refractivity (Wildman–Crippen MR) is 103 cm³/mol. The van der Waals surface area contributed by atoms with Crippen molar-refractivity contribution in [2.75, 3.05) is 44.9 Å². The number of hydrogen-bond donors (Lipinski definition) is 2. The first-order chi connectivity index (χ1) is 12.7. The third-order valence-electron chi connectivity index (χ3n) is 4.22. The zero-order chi connectivity index (χ0) is 19.2. The van der Waals surface area contributed by atoms with Crippen molar-refractivity contribution in [2.45, 2.75) is 45.4 Å². The Balaban J connectivity index is 2.80. The molecule has 1 aromatic rings. The minimum atomic E-state index is -0.420. The molecule has 0 aliphatic carbocycles. The second-order valence-corrected chi connectivity index (χ2v) is 6.22. The monoisotopic (exact) mass is 367 g/mol. The number of carbonyl (C=O) groups excluding carboxylic acids is 1. The zero-order valence-electron chi connectivity index (χ0n) is 16.1. The van der Waals surface area contributed by atoms with Gasteiger partial charge in [0.1, 0.15) is 5.75 Å². The second kappa shape index (κ2) is 13.4. The van der Waals surface area contributed by atoms with Gasteiger partial charge in [-0.25, -0.2) is 4.79 Å². The summed E-state index contributed by atoms with van der Waals surface area (Å²) in [6, 6.07) is 5.11. The molecule has 26 heavy (non-hydrogen) atoms. The van der Waals surface area contributed by atoms with Crippen LogP contribution in [0, 0.1) is 0 Å². The van der Waals surface area contributed by atoms with Crippen LogP contribution in [0.4, 0.5) is 5.69 Å². The van der Waals surface area contributed by atoms with Gasteiger partial charge in [-0.2, -0.15) is 0 Å². The Morgan fingerprint density at radius 1 is 1.04 bits per heavy atom. The first kappa shape index (κ1) is 22.3. The van der Waals surface area contributed by atoms with Crippen LogP contribution in [-0.2, 0) is 4.74 Å². The molecule has 0 aliphatic rings. The fourth-order valence-corrected chi connectivity index (χ4v) is 2.79. The number of carbonyl (C=O) groups is 1. The number of hydrogen-bond acceptors (Lipinski definition) is 6. The maximum absolute atomic E-state index is 11.8. The summed E-state index contributed by atoms with van der Waals surface area (Å²) in [6.07, 6.45) is 7.01. The summed E-state index contributed by atoms with van der Waals surface area (Å²) in [5, 5.41) is 18.6. The summed E-state index contributed by atoms with van der Waals surface area (Å²) in [5.74, 6) is 0.153. The van der Waals surface area contributed by atoms with E-state index >= 15 is 0 Å². The summed E-state index contributed by atoms with van der Waals surface area (Å²) in [5.41, 5.74) is 1.17. The fraction of sp³-hybridized carbons (Fsp3) is 0.650. The van der Waals surface area contributed by atoms with Gasteiger partial charge in [0.25, 0.3) is 0 Å². The molecule has 148 valence electrons. The normalized spacial score (nSPS) is 10.6. The highest BCUT2D eigenvalue weighted by Gasteiger charge is 2.15. The van der Waals surface area contributed by atoms with Crippen molar-refractivity contribution < 1.29 is 24.5 Å². The minimum absolute atomic E-state index is 0.0321. The van der Waals surface area contributed by atoms with Crippen LogP contribution in [0.15, 0.2) is 18.2 Å². The number of methoxy groups -OCH3 is 1. The van der Waals surface area contributed by atoms with Crippen LogP contribution in [0.2, 0.25) is 0 Å². The van der Waals surface area contributed by atoms with Gasteiger partial charge in [0.05, 0.1) is 38.2 Å². The molecule has 6 heteroatoms. The predicted octanol–water partition coefficient (Wildman–Crippen LogP) is 3.00. The van der Waals surface area contributed by atoms with Gasteiger partial charge in [-0.3, -0.25) is 0 Å². The van der Waals surface area contributed by atoms with E-state index < -0.39 is 5.97 Å². The van der Waals surface area contributed by atoms with E-state index in [9.17, 15) is 15.0 Å². The molecule has 2 N–H and O–H groups in total. The van der Waals surface area contributed by atoms with Crippen LogP contribution >= 0.6 is 0 Å². The first-order valence-electron chi connectivity index (χ1n) is 9.49. The smallest absolute Gasteiger partial charge is 0.337 e. The van der Waals surface area contributed by atoms with Crippen molar-refractivity contribution in [3.8, 4) is 5.75 Å². The first-order valence-corrected chi connectivity index (χ1v) is 9.49. The molecule has 0 aliphatic heterocycles. The Bertz CT molecular complexity index is 515.